The predicted molar refractivity (Wildman–Crippen MR) is 131 cm³/mol. The molecule has 3 aromatic carbocycles. The highest BCUT2D eigenvalue weighted by atomic mass is 16.7. The molecule has 1 unspecified atom stereocenters. The van der Waals surface area contributed by atoms with Crippen molar-refractivity contribution in [3.05, 3.63) is 72.3 Å². The summed E-state index contributed by atoms with van der Waals surface area (Å²) < 4.78 is 11.3. The average Bonchev–Trinajstić information content (AvgIpc) is 2.77. The van der Waals surface area contributed by atoms with Crippen LogP contribution >= 0.6 is 0 Å². The zero-order chi connectivity index (χ0) is 24.2. The van der Waals surface area contributed by atoms with Gasteiger partial charge in [-0.25, -0.2) is 4.79 Å². The Morgan fingerprint density at radius 1 is 1.06 bits per heavy atom. The molecule has 0 radical (unpaired) electrons. The highest BCUT2D eigenvalue weighted by molar-refractivity contribution is 5.92. The number of fused-ring (bicyclic) bond motifs is 1. The van der Waals surface area contributed by atoms with Crippen LogP contribution in [0.4, 0.5) is 11.4 Å². The van der Waals surface area contributed by atoms with Crippen molar-refractivity contribution < 1.29 is 19.4 Å². The van der Waals surface area contributed by atoms with Gasteiger partial charge in [0, 0.05) is 29.0 Å². The minimum atomic E-state index is -0.797. The van der Waals surface area contributed by atoms with E-state index in [1.165, 1.54) is 0 Å². The van der Waals surface area contributed by atoms with Crippen LogP contribution in [0.3, 0.4) is 0 Å². The molecule has 0 bridgehead atoms. The summed E-state index contributed by atoms with van der Waals surface area (Å²) in [5.41, 5.74) is 1.52. The lowest BCUT2D eigenvalue weighted by atomic mass is 9.86. The average molecular weight is 447 g/mol. The molecule has 0 saturated carbocycles. The molecule has 6 heteroatoms. The van der Waals surface area contributed by atoms with Gasteiger partial charge < -0.3 is 14.6 Å². The van der Waals surface area contributed by atoms with E-state index in [1.807, 2.05) is 70.2 Å². The Balaban J connectivity index is 2.01. The fraction of sp³-hybridized carbons (Fsp3) is 0.296. The molecule has 1 N–H and O–H groups in total. The van der Waals surface area contributed by atoms with Gasteiger partial charge in [-0.1, -0.05) is 70.7 Å². The first kappa shape index (κ1) is 24.0. The lowest BCUT2D eigenvalue weighted by Gasteiger charge is -2.24. The van der Waals surface area contributed by atoms with Gasteiger partial charge in [-0.3, -0.25) is 0 Å². The number of carbonyl (C=O) groups is 1. The number of hydrogen-bond acceptors (Lipinski definition) is 6. The fourth-order valence-electron chi connectivity index (χ4n) is 3.28. The van der Waals surface area contributed by atoms with E-state index in [0.29, 0.717) is 29.0 Å². The summed E-state index contributed by atoms with van der Waals surface area (Å²) in [6.07, 6.45) is -0.355. The zero-order valence-electron chi connectivity index (χ0n) is 19.8. The number of ether oxygens (including phenoxy) is 2. The van der Waals surface area contributed by atoms with Gasteiger partial charge in [0.05, 0.1) is 5.69 Å². The molecule has 172 valence electrons. The number of benzene rings is 3. The molecule has 0 fully saturated rings. The first-order valence-corrected chi connectivity index (χ1v) is 10.9. The molecule has 0 aliphatic rings. The summed E-state index contributed by atoms with van der Waals surface area (Å²) in [6.45, 7) is 13.0. The third-order valence-corrected chi connectivity index (χ3v) is 5.09. The van der Waals surface area contributed by atoms with E-state index < -0.39 is 12.3 Å². The predicted octanol–water partition coefficient (Wildman–Crippen LogP) is 7.49. The summed E-state index contributed by atoms with van der Waals surface area (Å²) in [7, 11) is 0. The van der Waals surface area contributed by atoms with Gasteiger partial charge in [0.25, 0.3) is 0 Å². The van der Waals surface area contributed by atoms with Gasteiger partial charge >= 0.3 is 5.97 Å². The summed E-state index contributed by atoms with van der Waals surface area (Å²) in [5, 5.41) is 21.7. The second-order valence-corrected chi connectivity index (χ2v) is 8.93. The van der Waals surface area contributed by atoms with Crippen molar-refractivity contribution in [2.75, 3.05) is 0 Å². The maximum absolute atomic E-state index is 11.9. The van der Waals surface area contributed by atoms with E-state index in [4.69, 9.17) is 9.47 Å². The number of esters is 1. The highest BCUT2D eigenvalue weighted by Gasteiger charge is 2.24. The van der Waals surface area contributed by atoms with Gasteiger partial charge in [-0.15, -0.1) is 10.2 Å². The van der Waals surface area contributed by atoms with Gasteiger partial charge in [0.1, 0.15) is 17.2 Å². The van der Waals surface area contributed by atoms with Gasteiger partial charge in [0.2, 0.25) is 6.29 Å². The van der Waals surface area contributed by atoms with E-state index in [2.05, 4.69) is 16.8 Å². The lowest BCUT2D eigenvalue weighted by Crippen LogP contribution is -2.24. The van der Waals surface area contributed by atoms with Crippen LogP contribution < -0.4 is 4.74 Å². The molecule has 0 aromatic heterocycles. The van der Waals surface area contributed by atoms with Crippen LogP contribution in [-0.4, -0.2) is 17.4 Å². The van der Waals surface area contributed by atoms with E-state index in [-0.39, 0.29) is 16.9 Å². The Hall–Kier alpha value is -3.67. The van der Waals surface area contributed by atoms with Crippen LogP contribution in [0.2, 0.25) is 0 Å². The van der Waals surface area contributed by atoms with Gasteiger partial charge in [-0.05, 0) is 29.9 Å². The van der Waals surface area contributed by atoms with E-state index >= 15 is 0 Å². The maximum atomic E-state index is 11.9. The molecule has 0 aliphatic carbocycles. The van der Waals surface area contributed by atoms with Crippen molar-refractivity contribution in [2.24, 2.45) is 10.2 Å². The van der Waals surface area contributed by atoms with E-state index in [0.717, 1.165) is 10.8 Å². The minimum absolute atomic E-state index is 0.0332. The van der Waals surface area contributed by atoms with E-state index in [9.17, 15) is 9.90 Å². The zero-order valence-corrected chi connectivity index (χ0v) is 19.8. The topological polar surface area (TPSA) is 80.5 Å². The maximum Gasteiger partial charge on any atom is 0.336 e. The summed E-state index contributed by atoms with van der Waals surface area (Å²) in [5.74, 6) is -0.0654. The first-order chi connectivity index (χ1) is 15.6. The molecular formula is C27H30N2O4. The summed E-state index contributed by atoms with van der Waals surface area (Å²) >= 11 is 0. The molecule has 0 heterocycles. The van der Waals surface area contributed by atoms with Crippen molar-refractivity contribution in [1.29, 1.82) is 0 Å². The lowest BCUT2D eigenvalue weighted by molar-refractivity contribution is -0.159. The second kappa shape index (κ2) is 9.86. The number of nitrogens with zero attached hydrogens (tertiary/aromatic N) is 2. The highest BCUT2D eigenvalue weighted by Crippen LogP contribution is 2.42. The van der Waals surface area contributed by atoms with Crippen molar-refractivity contribution in [2.45, 2.75) is 52.7 Å². The van der Waals surface area contributed by atoms with Crippen molar-refractivity contribution in [3.63, 3.8) is 0 Å². The number of azo groups is 1. The Labute approximate surface area is 194 Å². The molecule has 0 aliphatic heterocycles. The molecule has 3 aromatic rings. The molecule has 0 amide bonds. The van der Waals surface area contributed by atoms with Gasteiger partial charge in [-0.2, -0.15) is 0 Å². The third kappa shape index (κ3) is 5.77. The van der Waals surface area contributed by atoms with Crippen molar-refractivity contribution >= 4 is 28.1 Å². The first-order valence-electron chi connectivity index (χ1n) is 10.9. The molecule has 3 rings (SSSR count). The summed E-state index contributed by atoms with van der Waals surface area (Å²) in [6, 6.07) is 17.0. The Morgan fingerprint density at radius 2 is 1.73 bits per heavy atom. The smallest absolute Gasteiger partial charge is 0.336 e. The monoisotopic (exact) mass is 446 g/mol. The third-order valence-electron chi connectivity index (χ3n) is 5.09. The van der Waals surface area contributed by atoms with Crippen LogP contribution in [-0.2, 0) is 14.9 Å². The number of rotatable bonds is 7. The standard InChI is InChI=1S/C27H30N2O4/c1-7-24(33-26(31)17(2)3)32-19-15-21(27(4,5)6)25(30)23(16-19)29-28-22-14-10-12-18-11-8-9-13-20(18)22/h8-16,24,30H,2,7H2,1,3-6H3. The van der Waals surface area contributed by atoms with Crippen LogP contribution in [0.1, 0.15) is 46.6 Å². The second-order valence-electron chi connectivity index (χ2n) is 8.93. The molecule has 0 spiro atoms. The Bertz CT molecular complexity index is 1200. The molecular weight excluding hydrogens is 416 g/mol. The van der Waals surface area contributed by atoms with Crippen LogP contribution in [0.15, 0.2) is 77.0 Å². The van der Waals surface area contributed by atoms with Crippen LogP contribution in [0.5, 0.6) is 11.5 Å². The molecule has 33 heavy (non-hydrogen) atoms. The Kier molecular flexibility index (Phi) is 7.16. The quantitative estimate of drug-likeness (QED) is 0.176. The Morgan fingerprint density at radius 3 is 2.39 bits per heavy atom. The summed E-state index contributed by atoms with van der Waals surface area (Å²) in [4.78, 5) is 11.9. The normalized spacial score (nSPS) is 12.6. The van der Waals surface area contributed by atoms with Crippen LogP contribution in [0, 0.1) is 0 Å². The number of phenolic OH excluding ortho intramolecular Hbond substituents is 1. The molecule has 1 atom stereocenters. The molecule has 0 saturated heterocycles. The SMILES string of the molecule is C=C(C)C(=O)OC(CC)Oc1cc(N=Nc2cccc3ccccc23)c(O)c(C(C)(C)C)c1. The minimum Gasteiger partial charge on any atom is -0.505 e. The van der Waals surface area contributed by atoms with Gasteiger partial charge in [0.15, 0.2) is 0 Å². The van der Waals surface area contributed by atoms with Crippen molar-refractivity contribution in [3.8, 4) is 11.5 Å². The number of phenols is 1. The molecule has 6 nitrogen and oxygen atoms in total. The van der Waals surface area contributed by atoms with Crippen molar-refractivity contribution in [1.82, 2.24) is 0 Å². The van der Waals surface area contributed by atoms with Crippen LogP contribution in [0.25, 0.3) is 10.8 Å². The number of carbonyl (C=O) groups excluding carboxylic acids is 1. The largest absolute Gasteiger partial charge is 0.505 e. The number of hydrogen-bond donors (Lipinski definition) is 1. The van der Waals surface area contributed by atoms with E-state index in [1.54, 1.807) is 19.1 Å². The fourth-order valence-corrected chi connectivity index (χ4v) is 3.28. The number of aromatic hydroxyl groups is 1.